The van der Waals surface area contributed by atoms with Gasteiger partial charge in [-0.15, -0.1) is 0 Å². The maximum atomic E-state index is 12.4. The molecule has 0 radical (unpaired) electrons. The Hall–Kier alpha value is -0.880. The van der Waals surface area contributed by atoms with Crippen LogP contribution in [0.4, 0.5) is 0 Å². The van der Waals surface area contributed by atoms with Gasteiger partial charge in [0, 0.05) is 6.04 Å². The van der Waals surface area contributed by atoms with Gasteiger partial charge in [-0.05, 0) is 38.5 Å². The van der Waals surface area contributed by atoms with Crippen LogP contribution in [0.5, 0.6) is 0 Å². The molecule has 1 fully saturated rings. The zero-order valence-corrected chi connectivity index (χ0v) is 12.1. The van der Waals surface area contributed by atoms with Crippen LogP contribution in [0.15, 0.2) is 4.90 Å². The molecule has 3 unspecified atom stereocenters. The van der Waals surface area contributed by atoms with E-state index >= 15 is 0 Å². The van der Waals surface area contributed by atoms with E-state index in [0.717, 1.165) is 12.8 Å². The van der Waals surface area contributed by atoms with Gasteiger partial charge in [-0.25, -0.2) is 13.1 Å². The quantitative estimate of drug-likeness (QED) is 0.879. The normalized spacial score (nSPS) is 28.8. The summed E-state index contributed by atoms with van der Waals surface area (Å²) in [6.07, 6.45) is 2.00. The largest absolute Gasteiger partial charge is 0.281 e. The SMILES string of the molecule is Cc1n[nH]c(C)c1S(=O)(=O)NC1CCC(C)C1C. The monoisotopic (exact) mass is 271 g/mol. The lowest BCUT2D eigenvalue weighted by atomic mass is 9.98. The molecular formula is C12H21N3O2S. The summed E-state index contributed by atoms with van der Waals surface area (Å²) >= 11 is 0. The molecule has 0 aromatic carbocycles. The van der Waals surface area contributed by atoms with Crippen molar-refractivity contribution in [1.82, 2.24) is 14.9 Å². The maximum Gasteiger partial charge on any atom is 0.244 e. The van der Waals surface area contributed by atoms with E-state index in [9.17, 15) is 8.42 Å². The van der Waals surface area contributed by atoms with E-state index in [1.54, 1.807) is 13.8 Å². The summed E-state index contributed by atoms with van der Waals surface area (Å²) in [6.45, 7) is 7.72. The first kappa shape index (κ1) is 13.5. The highest BCUT2D eigenvalue weighted by Gasteiger charge is 2.34. The van der Waals surface area contributed by atoms with E-state index in [0.29, 0.717) is 28.1 Å². The second kappa shape index (κ2) is 4.66. The van der Waals surface area contributed by atoms with Gasteiger partial charge in [0.25, 0.3) is 0 Å². The number of sulfonamides is 1. The predicted octanol–water partition coefficient (Wildman–Crippen LogP) is 1.74. The fourth-order valence-corrected chi connectivity index (χ4v) is 4.46. The summed E-state index contributed by atoms with van der Waals surface area (Å²) in [6, 6.07) is 0.0405. The van der Waals surface area contributed by atoms with Gasteiger partial charge in [0.2, 0.25) is 10.0 Å². The van der Waals surface area contributed by atoms with Crippen molar-refractivity contribution in [3.63, 3.8) is 0 Å². The lowest BCUT2D eigenvalue weighted by molar-refractivity contribution is 0.402. The predicted molar refractivity (Wildman–Crippen MR) is 69.7 cm³/mol. The highest BCUT2D eigenvalue weighted by atomic mass is 32.2. The summed E-state index contributed by atoms with van der Waals surface area (Å²) in [4.78, 5) is 0.300. The van der Waals surface area contributed by atoms with Crippen LogP contribution in [0.3, 0.4) is 0 Å². The molecule has 1 heterocycles. The molecule has 1 aromatic heterocycles. The lowest BCUT2D eigenvalue weighted by Crippen LogP contribution is -2.37. The van der Waals surface area contributed by atoms with Gasteiger partial charge in [0.15, 0.2) is 0 Å². The van der Waals surface area contributed by atoms with Crippen LogP contribution in [-0.4, -0.2) is 24.7 Å². The Labute approximate surface area is 108 Å². The van der Waals surface area contributed by atoms with Crippen molar-refractivity contribution in [3.05, 3.63) is 11.4 Å². The fourth-order valence-electron chi connectivity index (χ4n) is 2.73. The third-order valence-electron chi connectivity index (χ3n) is 4.10. The fraction of sp³-hybridized carbons (Fsp3) is 0.750. The van der Waals surface area contributed by atoms with Gasteiger partial charge in [-0.2, -0.15) is 5.10 Å². The van der Waals surface area contributed by atoms with Crippen molar-refractivity contribution < 1.29 is 8.42 Å². The number of rotatable bonds is 3. The van der Waals surface area contributed by atoms with E-state index in [1.807, 2.05) is 0 Å². The van der Waals surface area contributed by atoms with Gasteiger partial charge in [-0.3, -0.25) is 5.10 Å². The zero-order valence-electron chi connectivity index (χ0n) is 11.3. The van der Waals surface area contributed by atoms with Crippen LogP contribution in [0, 0.1) is 25.7 Å². The Balaban J connectivity index is 2.23. The highest BCUT2D eigenvalue weighted by molar-refractivity contribution is 7.89. The smallest absolute Gasteiger partial charge is 0.244 e. The third kappa shape index (κ3) is 2.31. The molecule has 5 nitrogen and oxygen atoms in total. The number of hydrogen-bond acceptors (Lipinski definition) is 3. The van der Waals surface area contributed by atoms with Crippen molar-refractivity contribution in [2.75, 3.05) is 0 Å². The van der Waals surface area contributed by atoms with Crippen LogP contribution in [0.25, 0.3) is 0 Å². The topological polar surface area (TPSA) is 74.8 Å². The second-order valence-electron chi connectivity index (χ2n) is 5.40. The Bertz CT molecular complexity index is 516. The summed E-state index contributed by atoms with van der Waals surface area (Å²) in [7, 11) is -3.46. The minimum absolute atomic E-state index is 0.0405. The van der Waals surface area contributed by atoms with Gasteiger partial charge < -0.3 is 0 Å². The molecule has 0 saturated heterocycles. The molecule has 0 aliphatic heterocycles. The number of aromatic amines is 1. The van der Waals surface area contributed by atoms with Gasteiger partial charge in [0.1, 0.15) is 4.90 Å². The zero-order chi connectivity index (χ0) is 13.5. The van der Waals surface area contributed by atoms with Crippen molar-refractivity contribution >= 4 is 10.0 Å². The first-order valence-corrected chi connectivity index (χ1v) is 7.85. The highest BCUT2D eigenvalue weighted by Crippen LogP contribution is 2.32. The minimum atomic E-state index is -3.46. The number of nitrogens with zero attached hydrogens (tertiary/aromatic N) is 1. The van der Waals surface area contributed by atoms with Crippen molar-refractivity contribution in [2.24, 2.45) is 11.8 Å². The molecule has 102 valence electrons. The molecule has 3 atom stereocenters. The van der Waals surface area contributed by atoms with Gasteiger partial charge in [0.05, 0.1) is 11.4 Å². The molecule has 0 spiro atoms. The Morgan fingerprint density at radius 1 is 1.28 bits per heavy atom. The molecule has 1 aliphatic carbocycles. The first-order valence-electron chi connectivity index (χ1n) is 6.37. The summed E-state index contributed by atoms with van der Waals surface area (Å²) < 4.78 is 27.6. The van der Waals surface area contributed by atoms with Crippen LogP contribution in [0.2, 0.25) is 0 Å². The van der Waals surface area contributed by atoms with Gasteiger partial charge >= 0.3 is 0 Å². The van der Waals surface area contributed by atoms with Crippen molar-refractivity contribution in [3.8, 4) is 0 Å². The molecule has 1 saturated carbocycles. The van der Waals surface area contributed by atoms with Crippen molar-refractivity contribution in [1.29, 1.82) is 0 Å². The van der Waals surface area contributed by atoms with Crippen LogP contribution >= 0.6 is 0 Å². The van der Waals surface area contributed by atoms with E-state index in [4.69, 9.17) is 0 Å². The van der Waals surface area contributed by atoms with E-state index in [1.165, 1.54) is 0 Å². The summed E-state index contributed by atoms with van der Waals surface area (Å²) in [5.41, 5.74) is 1.12. The maximum absolute atomic E-state index is 12.4. The molecule has 1 aliphatic rings. The van der Waals surface area contributed by atoms with E-state index in [2.05, 4.69) is 28.8 Å². The van der Waals surface area contributed by atoms with Crippen LogP contribution in [0.1, 0.15) is 38.1 Å². The Morgan fingerprint density at radius 2 is 1.94 bits per heavy atom. The third-order valence-corrected chi connectivity index (χ3v) is 5.85. The minimum Gasteiger partial charge on any atom is -0.281 e. The molecule has 2 rings (SSSR count). The molecule has 0 amide bonds. The number of aromatic nitrogens is 2. The van der Waals surface area contributed by atoms with Gasteiger partial charge in [-0.1, -0.05) is 13.8 Å². The first-order chi connectivity index (χ1) is 8.33. The lowest BCUT2D eigenvalue weighted by Gasteiger charge is -2.19. The van der Waals surface area contributed by atoms with Crippen LogP contribution in [-0.2, 0) is 10.0 Å². The number of hydrogen-bond donors (Lipinski definition) is 2. The standard InChI is InChI=1S/C12H21N3O2S/c1-7-5-6-11(8(7)2)15-18(16,17)12-9(3)13-14-10(12)4/h7-8,11,15H,5-6H2,1-4H3,(H,13,14). The van der Waals surface area contributed by atoms with E-state index in [-0.39, 0.29) is 6.04 Å². The Morgan fingerprint density at radius 3 is 2.39 bits per heavy atom. The average molecular weight is 271 g/mol. The molecule has 0 bridgehead atoms. The summed E-state index contributed by atoms with van der Waals surface area (Å²) in [5.74, 6) is 0.955. The molecule has 6 heteroatoms. The number of H-pyrrole nitrogens is 1. The van der Waals surface area contributed by atoms with Crippen molar-refractivity contribution in [2.45, 2.75) is 51.5 Å². The second-order valence-corrected chi connectivity index (χ2v) is 7.06. The molecule has 1 aromatic rings. The molecule has 18 heavy (non-hydrogen) atoms. The molecular weight excluding hydrogens is 250 g/mol. The van der Waals surface area contributed by atoms with Crippen LogP contribution < -0.4 is 4.72 Å². The average Bonchev–Trinajstić information content (AvgIpc) is 2.76. The van der Waals surface area contributed by atoms with E-state index < -0.39 is 10.0 Å². The number of nitrogens with one attached hydrogen (secondary N) is 2. The number of aryl methyl sites for hydroxylation is 2. The Kier molecular flexibility index (Phi) is 3.51. The molecule has 2 N–H and O–H groups in total. The summed E-state index contributed by atoms with van der Waals surface area (Å²) in [5, 5.41) is 6.67.